The number of carbonyl (C=O) groups excluding carboxylic acids is 2. The Morgan fingerprint density at radius 1 is 0.846 bits per heavy atom. The van der Waals surface area contributed by atoms with Crippen LogP contribution in [0.3, 0.4) is 0 Å². The van der Waals surface area contributed by atoms with Gasteiger partial charge in [-0.15, -0.1) is 0 Å². The first kappa shape index (κ1) is 17.2. The zero-order chi connectivity index (χ0) is 18.5. The molecule has 0 bridgehead atoms. The van der Waals surface area contributed by atoms with E-state index in [0.29, 0.717) is 5.56 Å². The maximum Gasteiger partial charge on any atom is 0.337 e. The quantitative estimate of drug-likeness (QED) is 0.661. The smallest absolute Gasteiger partial charge is 0.337 e. The Kier molecular flexibility index (Phi) is 4.94. The van der Waals surface area contributed by atoms with Crippen LogP contribution < -0.4 is 10.6 Å². The molecule has 0 heterocycles. The summed E-state index contributed by atoms with van der Waals surface area (Å²) in [5.41, 5.74) is 0.620. The van der Waals surface area contributed by atoms with Gasteiger partial charge in [0.15, 0.2) is 0 Å². The van der Waals surface area contributed by atoms with E-state index in [2.05, 4.69) is 10.6 Å². The number of fused-ring (bicyclic) bond motifs is 1. The van der Waals surface area contributed by atoms with Crippen molar-refractivity contribution in [2.24, 2.45) is 0 Å². The van der Waals surface area contributed by atoms with Gasteiger partial charge in [-0.3, -0.25) is 9.59 Å². The number of para-hydroxylation sites is 1. The molecule has 0 spiro atoms. The van der Waals surface area contributed by atoms with Crippen LogP contribution in [0.25, 0.3) is 10.8 Å². The second-order valence-electron chi connectivity index (χ2n) is 5.64. The highest BCUT2D eigenvalue weighted by molar-refractivity contribution is 6.04. The summed E-state index contributed by atoms with van der Waals surface area (Å²) in [4.78, 5) is 35.4. The molecule has 0 aromatic heterocycles. The number of rotatable bonds is 5. The fraction of sp³-hybridized carbons (Fsp3) is 0.0500. The van der Waals surface area contributed by atoms with Gasteiger partial charge in [-0.05, 0) is 35.0 Å². The van der Waals surface area contributed by atoms with Crippen molar-refractivity contribution in [3.63, 3.8) is 0 Å². The molecule has 26 heavy (non-hydrogen) atoms. The summed E-state index contributed by atoms with van der Waals surface area (Å²) < 4.78 is 0. The van der Waals surface area contributed by atoms with Crippen molar-refractivity contribution >= 4 is 34.2 Å². The number of aromatic carboxylic acids is 1. The van der Waals surface area contributed by atoms with Crippen LogP contribution in [-0.4, -0.2) is 29.4 Å². The van der Waals surface area contributed by atoms with Crippen molar-refractivity contribution in [1.29, 1.82) is 0 Å². The molecule has 0 unspecified atom stereocenters. The summed E-state index contributed by atoms with van der Waals surface area (Å²) in [6.07, 6.45) is 0. The van der Waals surface area contributed by atoms with Gasteiger partial charge in [-0.25, -0.2) is 4.79 Å². The third-order valence-electron chi connectivity index (χ3n) is 3.85. The molecule has 3 aromatic carbocycles. The molecular formula is C20H16N2O4. The van der Waals surface area contributed by atoms with E-state index >= 15 is 0 Å². The van der Waals surface area contributed by atoms with Gasteiger partial charge in [0.25, 0.3) is 5.91 Å². The molecule has 0 saturated carbocycles. The molecule has 3 aromatic rings. The van der Waals surface area contributed by atoms with Crippen LogP contribution in [0.2, 0.25) is 0 Å². The Hall–Kier alpha value is -3.67. The highest BCUT2D eigenvalue weighted by Crippen LogP contribution is 2.16. The topological polar surface area (TPSA) is 95.5 Å². The van der Waals surface area contributed by atoms with Gasteiger partial charge in [-0.1, -0.05) is 42.5 Å². The molecule has 0 saturated heterocycles. The minimum absolute atomic E-state index is 0.0123. The Morgan fingerprint density at radius 3 is 2.31 bits per heavy atom. The minimum Gasteiger partial charge on any atom is -0.478 e. The van der Waals surface area contributed by atoms with Crippen molar-refractivity contribution in [1.82, 2.24) is 5.32 Å². The van der Waals surface area contributed by atoms with Crippen LogP contribution in [-0.2, 0) is 4.79 Å². The second kappa shape index (κ2) is 7.48. The summed E-state index contributed by atoms with van der Waals surface area (Å²) in [5, 5.41) is 16.1. The van der Waals surface area contributed by atoms with Crippen molar-refractivity contribution in [2.75, 3.05) is 11.9 Å². The van der Waals surface area contributed by atoms with Gasteiger partial charge in [0.1, 0.15) is 0 Å². The fourth-order valence-corrected chi connectivity index (χ4v) is 2.57. The van der Waals surface area contributed by atoms with Gasteiger partial charge in [-0.2, -0.15) is 0 Å². The van der Waals surface area contributed by atoms with Crippen LogP contribution in [0.5, 0.6) is 0 Å². The predicted octanol–water partition coefficient (Wildman–Crippen LogP) is 2.91. The van der Waals surface area contributed by atoms with E-state index in [4.69, 9.17) is 5.11 Å². The van der Waals surface area contributed by atoms with E-state index in [9.17, 15) is 14.4 Å². The zero-order valence-electron chi connectivity index (χ0n) is 13.7. The first-order chi connectivity index (χ1) is 12.5. The Morgan fingerprint density at radius 2 is 1.54 bits per heavy atom. The number of anilines is 1. The SMILES string of the molecule is O=C(CNC(=O)c1ccc2ccccc2c1)Nc1ccccc1C(=O)O. The number of carboxylic acids is 1. The van der Waals surface area contributed by atoms with E-state index in [1.54, 1.807) is 24.3 Å². The summed E-state index contributed by atoms with van der Waals surface area (Å²) in [6, 6.07) is 19.0. The number of carboxylic acid groups (broad SMARTS) is 1. The van der Waals surface area contributed by atoms with E-state index in [1.165, 1.54) is 12.1 Å². The molecule has 6 heteroatoms. The molecule has 0 atom stereocenters. The molecule has 0 aliphatic carbocycles. The standard InChI is InChI=1S/C20H16N2O4/c23-18(22-17-8-4-3-7-16(17)20(25)26)12-21-19(24)15-10-9-13-5-1-2-6-14(13)11-15/h1-11H,12H2,(H,21,24)(H,22,23)(H,25,26). The zero-order valence-corrected chi connectivity index (χ0v) is 13.7. The molecule has 0 aliphatic rings. The normalized spacial score (nSPS) is 10.3. The number of benzene rings is 3. The van der Waals surface area contributed by atoms with Gasteiger partial charge in [0.05, 0.1) is 17.8 Å². The molecule has 3 rings (SSSR count). The molecule has 130 valence electrons. The molecule has 0 fully saturated rings. The number of hydrogen-bond donors (Lipinski definition) is 3. The third kappa shape index (κ3) is 3.87. The van der Waals surface area contributed by atoms with Crippen molar-refractivity contribution in [2.45, 2.75) is 0 Å². The summed E-state index contributed by atoms with van der Waals surface area (Å²) in [6.45, 7) is -0.264. The van der Waals surface area contributed by atoms with Crippen molar-refractivity contribution in [3.8, 4) is 0 Å². The highest BCUT2D eigenvalue weighted by atomic mass is 16.4. The average molecular weight is 348 g/mol. The van der Waals surface area contributed by atoms with Crippen LogP contribution in [0, 0.1) is 0 Å². The molecule has 0 radical (unpaired) electrons. The lowest BCUT2D eigenvalue weighted by Crippen LogP contribution is -2.33. The average Bonchev–Trinajstić information content (AvgIpc) is 2.66. The van der Waals surface area contributed by atoms with E-state index in [-0.39, 0.29) is 23.7 Å². The lowest BCUT2D eigenvalue weighted by Gasteiger charge is -2.09. The minimum atomic E-state index is -1.14. The lowest BCUT2D eigenvalue weighted by atomic mass is 10.1. The number of carbonyl (C=O) groups is 3. The number of nitrogens with one attached hydrogen (secondary N) is 2. The third-order valence-corrected chi connectivity index (χ3v) is 3.85. The van der Waals surface area contributed by atoms with Crippen LogP contribution >= 0.6 is 0 Å². The van der Waals surface area contributed by atoms with E-state index < -0.39 is 11.9 Å². The largest absolute Gasteiger partial charge is 0.478 e. The Balaban J connectivity index is 1.63. The highest BCUT2D eigenvalue weighted by Gasteiger charge is 2.13. The fourth-order valence-electron chi connectivity index (χ4n) is 2.57. The lowest BCUT2D eigenvalue weighted by molar-refractivity contribution is -0.115. The monoisotopic (exact) mass is 348 g/mol. The maximum atomic E-state index is 12.2. The van der Waals surface area contributed by atoms with Gasteiger partial charge >= 0.3 is 5.97 Å². The number of hydrogen-bond acceptors (Lipinski definition) is 3. The van der Waals surface area contributed by atoms with Gasteiger partial charge < -0.3 is 15.7 Å². The van der Waals surface area contributed by atoms with Crippen LogP contribution in [0.1, 0.15) is 20.7 Å². The summed E-state index contributed by atoms with van der Waals surface area (Å²) in [7, 11) is 0. The second-order valence-corrected chi connectivity index (χ2v) is 5.64. The van der Waals surface area contributed by atoms with Crippen molar-refractivity contribution in [3.05, 3.63) is 77.9 Å². The predicted molar refractivity (Wildman–Crippen MR) is 98.3 cm³/mol. The molecular weight excluding hydrogens is 332 g/mol. The van der Waals surface area contributed by atoms with E-state index in [1.807, 2.05) is 30.3 Å². The van der Waals surface area contributed by atoms with Crippen LogP contribution in [0.15, 0.2) is 66.7 Å². The molecule has 0 aliphatic heterocycles. The first-order valence-electron chi connectivity index (χ1n) is 7.94. The molecule has 3 N–H and O–H groups in total. The molecule has 2 amide bonds. The number of amides is 2. The van der Waals surface area contributed by atoms with Gasteiger partial charge in [0, 0.05) is 5.56 Å². The summed E-state index contributed by atoms with van der Waals surface area (Å²) in [5.74, 6) is -2.02. The maximum absolute atomic E-state index is 12.2. The van der Waals surface area contributed by atoms with Crippen LogP contribution in [0.4, 0.5) is 5.69 Å². The molecule has 6 nitrogen and oxygen atoms in total. The summed E-state index contributed by atoms with van der Waals surface area (Å²) >= 11 is 0. The Labute approximate surface area is 149 Å². The Bertz CT molecular complexity index is 998. The first-order valence-corrected chi connectivity index (χ1v) is 7.94. The van der Waals surface area contributed by atoms with E-state index in [0.717, 1.165) is 10.8 Å². The van der Waals surface area contributed by atoms with Gasteiger partial charge in [0.2, 0.25) is 5.91 Å². The van der Waals surface area contributed by atoms with Crippen molar-refractivity contribution < 1.29 is 19.5 Å².